The van der Waals surface area contributed by atoms with Crippen LogP contribution in [0, 0.1) is 6.92 Å². The molecule has 2 aromatic heterocycles. The summed E-state index contributed by atoms with van der Waals surface area (Å²) in [4.78, 5) is 24.7. The van der Waals surface area contributed by atoms with Crippen LogP contribution in [0.3, 0.4) is 0 Å². The fourth-order valence-electron chi connectivity index (χ4n) is 1.98. The number of hydrogen-bond acceptors (Lipinski definition) is 4. The van der Waals surface area contributed by atoms with E-state index in [1.54, 1.807) is 12.3 Å². The van der Waals surface area contributed by atoms with E-state index in [1.165, 1.54) is 12.4 Å². The number of nitrogens with one attached hydrogen (secondary N) is 1. The van der Waals surface area contributed by atoms with E-state index in [1.807, 2.05) is 31.2 Å². The Morgan fingerprint density at radius 3 is 2.85 bits per heavy atom. The van der Waals surface area contributed by atoms with Crippen LogP contribution in [0.5, 0.6) is 0 Å². The Bertz CT molecular complexity index is 771. The molecular formula is C15H12N4O. The van der Waals surface area contributed by atoms with E-state index < -0.39 is 0 Å². The van der Waals surface area contributed by atoms with Gasteiger partial charge in [0, 0.05) is 23.5 Å². The van der Waals surface area contributed by atoms with Crippen LogP contribution in [0.2, 0.25) is 0 Å². The van der Waals surface area contributed by atoms with Crippen molar-refractivity contribution in [2.75, 3.05) is 5.32 Å². The molecule has 0 fully saturated rings. The molecule has 3 rings (SSSR count). The second kappa shape index (κ2) is 5.05. The number of para-hydroxylation sites is 1. The summed E-state index contributed by atoms with van der Waals surface area (Å²) in [5, 5.41) is 3.65. The lowest BCUT2D eigenvalue weighted by Crippen LogP contribution is -2.14. The van der Waals surface area contributed by atoms with Crippen molar-refractivity contribution >= 4 is 22.6 Å². The number of aryl methyl sites for hydroxylation is 1. The summed E-state index contributed by atoms with van der Waals surface area (Å²) in [7, 11) is 0. The first-order chi connectivity index (χ1) is 9.74. The van der Waals surface area contributed by atoms with E-state index in [-0.39, 0.29) is 5.91 Å². The van der Waals surface area contributed by atoms with Crippen LogP contribution in [-0.2, 0) is 0 Å². The van der Waals surface area contributed by atoms with Gasteiger partial charge in [0.2, 0.25) is 0 Å². The summed E-state index contributed by atoms with van der Waals surface area (Å²) in [5.41, 5.74) is 2.09. The molecule has 2 heterocycles. The van der Waals surface area contributed by atoms with E-state index in [4.69, 9.17) is 0 Å². The zero-order valence-corrected chi connectivity index (χ0v) is 10.9. The highest BCUT2D eigenvalue weighted by atomic mass is 16.1. The average molecular weight is 264 g/mol. The topological polar surface area (TPSA) is 67.8 Å². The monoisotopic (exact) mass is 264 g/mol. The van der Waals surface area contributed by atoms with Crippen LogP contribution < -0.4 is 5.32 Å². The maximum Gasteiger partial charge on any atom is 0.259 e. The van der Waals surface area contributed by atoms with Crippen molar-refractivity contribution in [3.05, 3.63) is 60.2 Å². The van der Waals surface area contributed by atoms with Crippen molar-refractivity contribution in [2.24, 2.45) is 0 Å². The molecule has 0 aliphatic carbocycles. The van der Waals surface area contributed by atoms with Gasteiger partial charge >= 0.3 is 0 Å². The van der Waals surface area contributed by atoms with Crippen LogP contribution in [0.15, 0.2) is 48.9 Å². The van der Waals surface area contributed by atoms with E-state index in [2.05, 4.69) is 20.3 Å². The molecule has 0 radical (unpaired) electrons. The van der Waals surface area contributed by atoms with Crippen molar-refractivity contribution < 1.29 is 4.79 Å². The molecule has 0 unspecified atom stereocenters. The predicted molar refractivity (Wildman–Crippen MR) is 76.5 cm³/mol. The fourth-order valence-corrected chi connectivity index (χ4v) is 1.98. The molecule has 20 heavy (non-hydrogen) atoms. The van der Waals surface area contributed by atoms with Crippen LogP contribution in [-0.4, -0.2) is 20.9 Å². The van der Waals surface area contributed by atoms with Gasteiger partial charge in [-0.1, -0.05) is 18.2 Å². The molecule has 3 aromatic rings. The van der Waals surface area contributed by atoms with Crippen LogP contribution in [0.1, 0.15) is 16.1 Å². The average Bonchev–Trinajstić information content (AvgIpc) is 2.47. The largest absolute Gasteiger partial charge is 0.305 e. The lowest BCUT2D eigenvalue weighted by atomic mass is 10.1. The molecule has 1 N–H and O–H groups in total. The van der Waals surface area contributed by atoms with Gasteiger partial charge in [-0.15, -0.1) is 0 Å². The van der Waals surface area contributed by atoms with Gasteiger partial charge in [-0.2, -0.15) is 0 Å². The molecule has 0 bridgehead atoms. The third-order valence-corrected chi connectivity index (χ3v) is 2.91. The number of aromatic nitrogens is 3. The highest BCUT2D eigenvalue weighted by molar-refractivity contribution is 6.11. The van der Waals surface area contributed by atoms with Gasteiger partial charge in [-0.3, -0.25) is 14.8 Å². The van der Waals surface area contributed by atoms with E-state index in [0.29, 0.717) is 16.9 Å². The highest BCUT2D eigenvalue weighted by Gasteiger charge is 2.11. The number of anilines is 1. The van der Waals surface area contributed by atoms with Crippen molar-refractivity contribution in [3.8, 4) is 0 Å². The molecule has 5 heteroatoms. The van der Waals surface area contributed by atoms with Gasteiger partial charge in [0.25, 0.3) is 5.91 Å². The highest BCUT2D eigenvalue weighted by Crippen LogP contribution is 2.18. The van der Waals surface area contributed by atoms with E-state index in [9.17, 15) is 4.79 Å². The number of pyridine rings is 1. The standard InChI is InChI=1S/C15H12N4O/c1-10-5-6-11-3-2-4-12(14(11)18-10)15(20)19-13-9-16-7-8-17-13/h2-9H,1H3,(H,17,19,20). The Morgan fingerprint density at radius 1 is 1.15 bits per heavy atom. The summed E-state index contributed by atoms with van der Waals surface area (Å²) in [6.45, 7) is 1.90. The molecule has 0 saturated heterocycles. The Morgan fingerprint density at radius 2 is 2.05 bits per heavy atom. The van der Waals surface area contributed by atoms with Gasteiger partial charge in [0.05, 0.1) is 17.3 Å². The number of carbonyl (C=O) groups is 1. The third-order valence-electron chi connectivity index (χ3n) is 2.91. The second-order valence-corrected chi connectivity index (χ2v) is 4.37. The molecule has 0 atom stereocenters. The Kier molecular flexibility index (Phi) is 3.09. The smallest absolute Gasteiger partial charge is 0.259 e. The van der Waals surface area contributed by atoms with E-state index in [0.717, 1.165) is 11.1 Å². The Balaban J connectivity index is 2.01. The van der Waals surface area contributed by atoms with Gasteiger partial charge in [0.1, 0.15) is 0 Å². The maximum absolute atomic E-state index is 12.3. The fraction of sp³-hybridized carbons (Fsp3) is 0.0667. The molecule has 1 amide bonds. The van der Waals surface area contributed by atoms with Crippen molar-refractivity contribution in [1.82, 2.24) is 15.0 Å². The first-order valence-electron chi connectivity index (χ1n) is 6.18. The summed E-state index contributed by atoms with van der Waals surface area (Å²) < 4.78 is 0. The van der Waals surface area contributed by atoms with Gasteiger partial charge < -0.3 is 5.32 Å². The van der Waals surface area contributed by atoms with Gasteiger partial charge in [-0.25, -0.2) is 4.98 Å². The quantitative estimate of drug-likeness (QED) is 0.772. The van der Waals surface area contributed by atoms with Crippen LogP contribution in [0.4, 0.5) is 5.82 Å². The SMILES string of the molecule is Cc1ccc2cccc(C(=O)Nc3cnccn3)c2n1. The summed E-state index contributed by atoms with van der Waals surface area (Å²) in [6.07, 6.45) is 4.58. The number of carbonyl (C=O) groups excluding carboxylic acids is 1. The molecule has 0 aliphatic heterocycles. The molecule has 0 aliphatic rings. The van der Waals surface area contributed by atoms with Crippen molar-refractivity contribution in [3.63, 3.8) is 0 Å². The van der Waals surface area contributed by atoms with Gasteiger partial charge in [-0.05, 0) is 19.1 Å². The number of benzene rings is 1. The number of nitrogens with zero attached hydrogens (tertiary/aromatic N) is 3. The predicted octanol–water partition coefficient (Wildman–Crippen LogP) is 2.59. The maximum atomic E-state index is 12.3. The third kappa shape index (κ3) is 2.33. The number of hydrogen-bond donors (Lipinski definition) is 1. The zero-order chi connectivity index (χ0) is 13.9. The minimum Gasteiger partial charge on any atom is -0.305 e. The minimum absolute atomic E-state index is 0.241. The molecule has 0 saturated carbocycles. The van der Waals surface area contributed by atoms with E-state index >= 15 is 0 Å². The van der Waals surface area contributed by atoms with Crippen molar-refractivity contribution in [1.29, 1.82) is 0 Å². The minimum atomic E-state index is -0.241. The van der Waals surface area contributed by atoms with Crippen LogP contribution in [0.25, 0.3) is 10.9 Å². The molecule has 5 nitrogen and oxygen atoms in total. The molecule has 98 valence electrons. The second-order valence-electron chi connectivity index (χ2n) is 4.37. The lowest BCUT2D eigenvalue weighted by Gasteiger charge is -2.07. The molecular weight excluding hydrogens is 252 g/mol. The first-order valence-corrected chi connectivity index (χ1v) is 6.18. The normalized spacial score (nSPS) is 10.4. The molecule has 1 aromatic carbocycles. The lowest BCUT2D eigenvalue weighted by molar-refractivity contribution is 0.102. The summed E-state index contributed by atoms with van der Waals surface area (Å²) >= 11 is 0. The van der Waals surface area contributed by atoms with Crippen LogP contribution >= 0.6 is 0 Å². The van der Waals surface area contributed by atoms with Crippen molar-refractivity contribution in [2.45, 2.75) is 6.92 Å². The number of amides is 1. The van der Waals surface area contributed by atoms with Gasteiger partial charge in [0.15, 0.2) is 5.82 Å². The summed E-state index contributed by atoms with van der Waals surface area (Å²) in [6, 6.07) is 9.40. The zero-order valence-electron chi connectivity index (χ0n) is 10.9. The Hall–Kier alpha value is -2.82. The summed E-state index contributed by atoms with van der Waals surface area (Å²) in [5.74, 6) is 0.177. The number of rotatable bonds is 2. The molecule has 0 spiro atoms. The number of fused-ring (bicyclic) bond motifs is 1. The Labute approximate surface area is 115 Å². The first kappa shape index (κ1) is 12.2.